The van der Waals surface area contributed by atoms with Crippen molar-refractivity contribution in [3.63, 3.8) is 0 Å². The van der Waals surface area contributed by atoms with Gasteiger partial charge in [-0.3, -0.25) is 4.90 Å². The SMILES string of the molecule is c1ccc2c(c1)CCN(CCCc1ccc(C3CCNCC3)cc1)C2. The fourth-order valence-electron chi connectivity index (χ4n) is 4.36. The molecule has 0 radical (unpaired) electrons. The summed E-state index contributed by atoms with van der Waals surface area (Å²) < 4.78 is 0. The van der Waals surface area contributed by atoms with E-state index in [-0.39, 0.29) is 0 Å². The first-order chi connectivity index (χ1) is 12.4. The molecule has 0 amide bonds. The van der Waals surface area contributed by atoms with Crippen LogP contribution in [0, 0.1) is 0 Å². The van der Waals surface area contributed by atoms with Crippen molar-refractivity contribution in [1.29, 1.82) is 0 Å². The van der Waals surface area contributed by atoms with E-state index in [4.69, 9.17) is 0 Å². The van der Waals surface area contributed by atoms with Crippen molar-refractivity contribution in [2.75, 3.05) is 26.2 Å². The van der Waals surface area contributed by atoms with Gasteiger partial charge in [-0.15, -0.1) is 0 Å². The molecule has 1 saturated heterocycles. The van der Waals surface area contributed by atoms with Crippen molar-refractivity contribution >= 4 is 0 Å². The standard InChI is InChI=1S/C23H30N2/c1-2-6-23-18-25(17-13-20(23)5-1)16-3-4-19-7-9-21(10-8-19)22-11-14-24-15-12-22/h1-2,5-10,22,24H,3-4,11-18H2. The van der Waals surface area contributed by atoms with Crippen molar-refractivity contribution < 1.29 is 0 Å². The number of piperidine rings is 1. The van der Waals surface area contributed by atoms with Gasteiger partial charge in [-0.1, -0.05) is 48.5 Å². The third-order valence-corrected chi connectivity index (χ3v) is 5.94. The molecule has 0 unspecified atom stereocenters. The molecule has 2 aliphatic rings. The van der Waals surface area contributed by atoms with Gasteiger partial charge in [0.15, 0.2) is 0 Å². The highest BCUT2D eigenvalue weighted by Gasteiger charge is 2.16. The Balaban J connectivity index is 1.25. The van der Waals surface area contributed by atoms with Crippen LogP contribution in [0.15, 0.2) is 48.5 Å². The van der Waals surface area contributed by atoms with Gasteiger partial charge in [-0.05, 0) is 79.9 Å². The normalized spacial score (nSPS) is 18.9. The first kappa shape index (κ1) is 16.8. The van der Waals surface area contributed by atoms with Crippen molar-refractivity contribution in [3.8, 4) is 0 Å². The van der Waals surface area contributed by atoms with Gasteiger partial charge in [0.05, 0.1) is 0 Å². The largest absolute Gasteiger partial charge is 0.317 e. The predicted molar refractivity (Wildman–Crippen MR) is 105 cm³/mol. The number of nitrogens with one attached hydrogen (secondary N) is 1. The van der Waals surface area contributed by atoms with Gasteiger partial charge in [0.25, 0.3) is 0 Å². The molecule has 2 nitrogen and oxygen atoms in total. The third kappa shape index (κ3) is 4.31. The van der Waals surface area contributed by atoms with Crippen molar-refractivity contribution in [3.05, 3.63) is 70.8 Å². The highest BCUT2D eigenvalue weighted by molar-refractivity contribution is 5.29. The summed E-state index contributed by atoms with van der Waals surface area (Å²) in [7, 11) is 0. The topological polar surface area (TPSA) is 15.3 Å². The third-order valence-electron chi connectivity index (χ3n) is 5.94. The number of hydrogen-bond acceptors (Lipinski definition) is 2. The van der Waals surface area contributed by atoms with E-state index in [0.29, 0.717) is 0 Å². The van der Waals surface area contributed by atoms with E-state index in [1.165, 1.54) is 75.0 Å². The first-order valence-corrected chi connectivity index (χ1v) is 9.97. The molecule has 1 N–H and O–H groups in total. The Kier molecular flexibility index (Phi) is 5.49. The Morgan fingerprint density at radius 2 is 1.68 bits per heavy atom. The Bertz CT molecular complexity index is 671. The lowest BCUT2D eigenvalue weighted by atomic mass is 9.89. The average molecular weight is 335 g/mol. The summed E-state index contributed by atoms with van der Waals surface area (Å²) >= 11 is 0. The van der Waals surface area contributed by atoms with E-state index in [1.54, 1.807) is 5.56 Å². The minimum atomic E-state index is 0.767. The summed E-state index contributed by atoms with van der Waals surface area (Å²) in [5, 5.41) is 3.46. The summed E-state index contributed by atoms with van der Waals surface area (Å²) in [4.78, 5) is 2.62. The molecular formula is C23H30N2. The number of rotatable bonds is 5. The highest BCUT2D eigenvalue weighted by atomic mass is 15.1. The maximum Gasteiger partial charge on any atom is 0.0236 e. The quantitative estimate of drug-likeness (QED) is 0.884. The molecule has 132 valence electrons. The minimum Gasteiger partial charge on any atom is -0.317 e. The van der Waals surface area contributed by atoms with E-state index >= 15 is 0 Å². The second-order valence-corrected chi connectivity index (χ2v) is 7.66. The van der Waals surface area contributed by atoms with E-state index in [9.17, 15) is 0 Å². The van der Waals surface area contributed by atoms with Crippen LogP contribution in [-0.4, -0.2) is 31.1 Å². The van der Waals surface area contributed by atoms with Crippen LogP contribution in [0.5, 0.6) is 0 Å². The molecule has 0 aromatic heterocycles. The van der Waals surface area contributed by atoms with Crippen molar-refractivity contribution in [2.24, 2.45) is 0 Å². The predicted octanol–water partition coefficient (Wildman–Crippen LogP) is 4.14. The molecule has 0 spiro atoms. The van der Waals surface area contributed by atoms with Gasteiger partial charge >= 0.3 is 0 Å². The number of nitrogens with zero attached hydrogens (tertiary/aromatic N) is 1. The van der Waals surface area contributed by atoms with E-state index in [2.05, 4.69) is 58.7 Å². The van der Waals surface area contributed by atoms with Crippen LogP contribution >= 0.6 is 0 Å². The molecule has 2 aromatic rings. The Morgan fingerprint density at radius 3 is 2.48 bits per heavy atom. The molecule has 2 aromatic carbocycles. The average Bonchev–Trinajstić information content (AvgIpc) is 2.69. The second kappa shape index (κ2) is 8.16. The number of fused-ring (bicyclic) bond motifs is 1. The fourth-order valence-corrected chi connectivity index (χ4v) is 4.36. The number of aryl methyl sites for hydroxylation is 1. The zero-order valence-corrected chi connectivity index (χ0v) is 15.2. The van der Waals surface area contributed by atoms with Crippen molar-refractivity contribution in [1.82, 2.24) is 10.2 Å². The molecule has 4 rings (SSSR count). The van der Waals surface area contributed by atoms with Gasteiger partial charge in [0.1, 0.15) is 0 Å². The maximum atomic E-state index is 3.46. The molecule has 2 aliphatic heterocycles. The Labute approximate surface area is 152 Å². The zero-order valence-electron chi connectivity index (χ0n) is 15.2. The molecule has 0 aliphatic carbocycles. The molecule has 2 heteroatoms. The molecule has 1 fully saturated rings. The van der Waals surface area contributed by atoms with Crippen LogP contribution in [0.2, 0.25) is 0 Å². The summed E-state index contributed by atoms with van der Waals surface area (Å²) in [5.41, 5.74) is 6.11. The van der Waals surface area contributed by atoms with E-state index < -0.39 is 0 Å². The van der Waals surface area contributed by atoms with Crippen LogP contribution < -0.4 is 5.32 Å². The summed E-state index contributed by atoms with van der Waals surface area (Å²) in [5.74, 6) is 0.767. The van der Waals surface area contributed by atoms with Gasteiger partial charge in [0.2, 0.25) is 0 Å². The minimum absolute atomic E-state index is 0.767. The molecule has 0 saturated carbocycles. The van der Waals surface area contributed by atoms with Crippen LogP contribution in [0.25, 0.3) is 0 Å². The summed E-state index contributed by atoms with van der Waals surface area (Å²) in [6, 6.07) is 18.4. The van der Waals surface area contributed by atoms with Gasteiger partial charge in [0, 0.05) is 13.1 Å². The Morgan fingerprint density at radius 1 is 0.920 bits per heavy atom. The lowest BCUT2D eigenvalue weighted by molar-refractivity contribution is 0.251. The fraction of sp³-hybridized carbons (Fsp3) is 0.478. The molecule has 0 bridgehead atoms. The Hall–Kier alpha value is -1.64. The van der Waals surface area contributed by atoms with E-state index in [0.717, 1.165) is 12.5 Å². The molecular weight excluding hydrogens is 304 g/mol. The van der Waals surface area contributed by atoms with E-state index in [1.807, 2.05) is 0 Å². The van der Waals surface area contributed by atoms with Gasteiger partial charge < -0.3 is 5.32 Å². The summed E-state index contributed by atoms with van der Waals surface area (Å²) in [6.07, 6.45) is 6.24. The maximum absolute atomic E-state index is 3.46. The van der Waals surface area contributed by atoms with Gasteiger partial charge in [-0.25, -0.2) is 0 Å². The smallest absolute Gasteiger partial charge is 0.0236 e. The molecule has 0 atom stereocenters. The van der Waals surface area contributed by atoms with Crippen LogP contribution in [-0.2, 0) is 19.4 Å². The van der Waals surface area contributed by atoms with Crippen molar-refractivity contribution in [2.45, 2.75) is 44.6 Å². The number of benzene rings is 2. The zero-order chi connectivity index (χ0) is 16.9. The highest BCUT2D eigenvalue weighted by Crippen LogP contribution is 2.25. The lowest BCUT2D eigenvalue weighted by Crippen LogP contribution is -2.31. The number of hydrogen-bond donors (Lipinski definition) is 1. The van der Waals surface area contributed by atoms with Crippen LogP contribution in [0.4, 0.5) is 0 Å². The monoisotopic (exact) mass is 334 g/mol. The lowest BCUT2D eigenvalue weighted by Gasteiger charge is -2.28. The van der Waals surface area contributed by atoms with Crippen LogP contribution in [0.1, 0.15) is 47.4 Å². The second-order valence-electron chi connectivity index (χ2n) is 7.66. The first-order valence-electron chi connectivity index (χ1n) is 9.97. The molecule has 2 heterocycles. The summed E-state index contributed by atoms with van der Waals surface area (Å²) in [6.45, 7) is 5.90. The van der Waals surface area contributed by atoms with Gasteiger partial charge in [-0.2, -0.15) is 0 Å². The van der Waals surface area contributed by atoms with Crippen LogP contribution in [0.3, 0.4) is 0 Å². The molecule has 25 heavy (non-hydrogen) atoms.